The molecular formula is C66H68F2O10S2. The molecule has 0 atom stereocenters. The molecule has 80 heavy (non-hydrogen) atoms. The number of benzene rings is 5. The van der Waals surface area contributed by atoms with E-state index in [1.165, 1.54) is 58.1 Å². The van der Waals surface area contributed by atoms with E-state index in [-0.39, 0.29) is 47.2 Å². The summed E-state index contributed by atoms with van der Waals surface area (Å²) in [6, 6.07) is 29.7. The van der Waals surface area contributed by atoms with Crippen molar-refractivity contribution in [2.45, 2.75) is 116 Å². The lowest BCUT2D eigenvalue weighted by Crippen LogP contribution is -2.25. The van der Waals surface area contributed by atoms with E-state index in [0.717, 1.165) is 120 Å². The Morgan fingerprint density at radius 1 is 0.500 bits per heavy atom. The summed E-state index contributed by atoms with van der Waals surface area (Å²) < 4.78 is 65.7. The van der Waals surface area contributed by atoms with Crippen LogP contribution in [0.1, 0.15) is 124 Å². The van der Waals surface area contributed by atoms with E-state index in [0.29, 0.717) is 83.8 Å². The minimum Gasteiger partial charge on any atom is -0.494 e. The zero-order valence-electron chi connectivity index (χ0n) is 45.5. The Morgan fingerprint density at radius 3 is 1.24 bits per heavy atom. The SMILES string of the molecule is C=CC(=O)OCCCCCOc1ccc(C2CCC(C(=O)Oc3c4cc(-c5ccc(F)cc5C)sc4c(OC(=O)C4CCC(c5ccc(OCCCCCOC(=O)C=C)cc5)CC4)c4cc(-c5ccc(F)cc5C)sc34)CC2)cc1. The van der Waals surface area contributed by atoms with Gasteiger partial charge in [-0.2, -0.15) is 0 Å². The fraction of sp³-hybridized carbons (Fsp3) is 0.364. The molecule has 2 fully saturated rings. The fourth-order valence-electron chi connectivity index (χ4n) is 10.9. The van der Waals surface area contributed by atoms with Crippen LogP contribution in [0.4, 0.5) is 8.78 Å². The molecule has 10 nitrogen and oxygen atoms in total. The molecule has 2 aromatic heterocycles. The first-order valence-corrected chi connectivity index (χ1v) is 29.5. The second-order valence-electron chi connectivity index (χ2n) is 20.9. The van der Waals surface area contributed by atoms with Gasteiger partial charge in [-0.1, -0.05) is 49.6 Å². The van der Waals surface area contributed by atoms with Crippen LogP contribution in [-0.2, 0) is 28.7 Å². The summed E-state index contributed by atoms with van der Waals surface area (Å²) in [4.78, 5) is 53.3. The molecule has 0 radical (unpaired) electrons. The van der Waals surface area contributed by atoms with Gasteiger partial charge in [-0.15, -0.1) is 22.7 Å². The van der Waals surface area contributed by atoms with Gasteiger partial charge in [0.15, 0.2) is 11.5 Å². The Balaban J connectivity index is 0.911. The van der Waals surface area contributed by atoms with Crippen LogP contribution < -0.4 is 18.9 Å². The van der Waals surface area contributed by atoms with Crippen LogP contribution in [0, 0.1) is 37.3 Å². The first-order chi connectivity index (χ1) is 38.8. The number of carbonyl (C=O) groups excluding carboxylic acids is 4. The topological polar surface area (TPSA) is 124 Å². The van der Waals surface area contributed by atoms with Crippen molar-refractivity contribution in [2.75, 3.05) is 26.4 Å². The smallest absolute Gasteiger partial charge is 0.330 e. The highest BCUT2D eigenvalue weighted by molar-refractivity contribution is 7.24. The van der Waals surface area contributed by atoms with Gasteiger partial charge in [-0.25, -0.2) is 18.4 Å². The summed E-state index contributed by atoms with van der Waals surface area (Å²) in [7, 11) is 0. The molecule has 0 bridgehead atoms. The summed E-state index contributed by atoms with van der Waals surface area (Å²) in [5.74, 6) is 0.0256. The van der Waals surface area contributed by atoms with E-state index < -0.39 is 11.9 Å². The molecule has 0 saturated heterocycles. The van der Waals surface area contributed by atoms with Gasteiger partial charge in [0.05, 0.1) is 47.7 Å². The molecular weight excluding hydrogens is 1050 g/mol. The maximum Gasteiger partial charge on any atom is 0.330 e. The van der Waals surface area contributed by atoms with E-state index in [2.05, 4.69) is 37.4 Å². The molecule has 0 amide bonds. The molecule has 0 aliphatic heterocycles. The largest absolute Gasteiger partial charge is 0.494 e. The summed E-state index contributed by atoms with van der Waals surface area (Å²) >= 11 is 2.83. The quantitative estimate of drug-likeness (QED) is 0.0250. The van der Waals surface area contributed by atoms with Crippen LogP contribution in [-0.4, -0.2) is 50.3 Å². The second kappa shape index (κ2) is 27.3. The number of carbonyl (C=O) groups is 4. The molecule has 0 spiro atoms. The molecule has 2 saturated carbocycles. The van der Waals surface area contributed by atoms with Gasteiger partial charge in [-0.05, 0) is 210 Å². The summed E-state index contributed by atoms with van der Waals surface area (Å²) in [6.45, 7) is 12.4. The van der Waals surface area contributed by atoms with Gasteiger partial charge in [0, 0.05) is 32.7 Å². The molecule has 0 N–H and O–H groups in total. The first-order valence-electron chi connectivity index (χ1n) is 27.9. The monoisotopic (exact) mass is 1120 g/mol. The van der Waals surface area contributed by atoms with Gasteiger partial charge in [0.25, 0.3) is 0 Å². The van der Waals surface area contributed by atoms with Crippen molar-refractivity contribution in [1.29, 1.82) is 0 Å². The maximum atomic E-state index is 14.6. The number of halogens is 2. The van der Waals surface area contributed by atoms with Crippen molar-refractivity contribution in [2.24, 2.45) is 11.8 Å². The molecule has 0 unspecified atom stereocenters. The highest BCUT2D eigenvalue weighted by atomic mass is 32.1. The average Bonchev–Trinajstić information content (AvgIpc) is 4.23. The number of ether oxygens (including phenoxy) is 6. The Labute approximate surface area is 474 Å². The fourth-order valence-corrected chi connectivity index (χ4v) is 13.4. The Morgan fingerprint density at radius 2 is 0.875 bits per heavy atom. The van der Waals surface area contributed by atoms with Crippen molar-refractivity contribution in [3.05, 3.63) is 156 Å². The van der Waals surface area contributed by atoms with E-state index in [4.69, 9.17) is 28.4 Å². The minimum atomic E-state index is -0.411. The Hall–Kier alpha value is -7.16. The summed E-state index contributed by atoms with van der Waals surface area (Å²) in [5, 5.41) is 1.24. The predicted octanol–water partition coefficient (Wildman–Crippen LogP) is 16.7. The zero-order valence-corrected chi connectivity index (χ0v) is 47.1. The number of esters is 4. The lowest BCUT2D eigenvalue weighted by molar-refractivity contribution is -0.140. The van der Waals surface area contributed by atoms with E-state index in [1.54, 1.807) is 12.1 Å². The van der Waals surface area contributed by atoms with E-state index >= 15 is 0 Å². The number of thiophene rings is 2. The van der Waals surface area contributed by atoms with Crippen LogP contribution in [0.2, 0.25) is 0 Å². The molecule has 9 rings (SSSR count). The van der Waals surface area contributed by atoms with Gasteiger partial charge in [0.2, 0.25) is 0 Å². The number of unbranched alkanes of at least 4 members (excludes halogenated alkanes) is 4. The van der Waals surface area contributed by atoms with Crippen LogP contribution in [0.25, 0.3) is 41.1 Å². The highest BCUT2D eigenvalue weighted by Crippen LogP contribution is 2.54. The standard InChI is InChI=1S/C66H68F2O10S2/c1-5-59(69)75-35-11-7-9-33-73-51-27-21-45(22-28-51)43-13-17-47(18-14-43)65(71)77-61-55-39-57(53-31-25-49(67)37-41(53)3)80-64(55)62(56-40-58(79-63(56)61)54-32-26-50(68)38-42(54)4)78-66(72)48-19-15-44(16-20-48)46-23-29-52(30-24-46)74-34-10-8-12-36-76-60(70)6-2/h5-6,21-32,37-40,43-44,47-48H,1-2,7-20,33-36H2,3-4H3. The molecule has 2 aliphatic rings. The summed E-state index contributed by atoms with van der Waals surface area (Å²) in [6.07, 6.45) is 13.1. The van der Waals surface area contributed by atoms with Crippen molar-refractivity contribution in [1.82, 2.24) is 0 Å². The normalized spacial score (nSPS) is 17.1. The molecule has 418 valence electrons. The van der Waals surface area contributed by atoms with Crippen molar-refractivity contribution in [3.8, 4) is 43.9 Å². The number of fused-ring (bicyclic) bond motifs is 2. The minimum absolute atomic E-state index is 0.273. The van der Waals surface area contributed by atoms with Crippen molar-refractivity contribution < 1.29 is 56.4 Å². The number of rotatable bonds is 24. The van der Waals surface area contributed by atoms with Crippen LogP contribution in [0.15, 0.2) is 122 Å². The Bertz CT molecular complexity index is 3050. The average molecular weight is 1120 g/mol. The molecule has 7 aromatic rings. The maximum absolute atomic E-state index is 14.6. The lowest BCUT2D eigenvalue weighted by Gasteiger charge is -2.28. The van der Waals surface area contributed by atoms with Gasteiger partial charge in [-0.3, -0.25) is 9.59 Å². The van der Waals surface area contributed by atoms with Gasteiger partial charge >= 0.3 is 23.9 Å². The number of aryl methyl sites for hydroxylation is 2. The first kappa shape index (κ1) is 57.5. The van der Waals surface area contributed by atoms with Crippen LogP contribution in [0.5, 0.6) is 23.0 Å². The molecule has 5 aromatic carbocycles. The van der Waals surface area contributed by atoms with E-state index in [1.807, 2.05) is 50.2 Å². The third-order valence-electron chi connectivity index (χ3n) is 15.4. The lowest BCUT2D eigenvalue weighted by atomic mass is 9.79. The molecule has 14 heteroatoms. The molecule has 2 heterocycles. The molecule has 2 aliphatic carbocycles. The zero-order chi connectivity index (χ0) is 56.1. The predicted molar refractivity (Wildman–Crippen MR) is 312 cm³/mol. The highest BCUT2D eigenvalue weighted by Gasteiger charge is 2.34. The summed E-state index contributed by atoms with van der Waals surface area (Å²) in [5.41, 5.74) is 5.48. The van der Waals surface area contributed by atoms with Crippen molar-refractivity contribution in [3.63, 3.8) is 0 Å². The van der Waals surface area contributed by atoms with E-state index in [9.17, 15) is 28.0 Å². The second-order valence-corrected chi connectivity index (χ2v) is 23.0. The van der Waals surface area contributed by atoms with Crippen LogP contribution in [0.3, 0.4) is 0 Å². The third-order valence-corrected chi connectivity index (χ3v) is 17.8. The van der Waals surface area contributed by atoms with Crippen molar-refractivity contribution >= 4 is 66.7 Å². The van der Waals surface area contributed by atoms with Crippen LogP contribution >= 0.6 is 22.7 Å². The van der Waals surface area contributed by atoms with Gasteiger partial charge in [0.1, 0.15) is 23.1 Å². The number of hydrogen-bond donors (Lipinski definition) is 0. The van der Waals surface area contributed by atoms with Gasteiger partial charge < -0.3 is 28.4 Å². The number of hydrogen-bond acceptors (Lipinski definition) is 12. The Kier molecular flexibility index (Phi) is 19.7. The third kappa shape index (κ3) is 14.4.